The van der Waals surface area contributed by atoms with Crippen LogP contribution < -0.4 is 0 Å². The topological polar surface area (TPSA) is 17.1 Å². The van der Waals surface area contributed by atoms with Crippen molar-refractivity contribution in [2.75, 3.05) is 0 Å². The average Bonchev–Trinajstić information content (AvgIpc) is 2.73. The molecule has 0 spiro atoms. The first-order valence-corrected chi connectivity index (χ1v) is 7.11. The van der Waals surface area contributed by atoms with Crippen molar-refractivity contribution in [3.63, 3.8) is 0 Å². The molecule has 1 fully saturated rings. The van der Waals surface area contributed by atoms with Gasteiger partial charge in [0.05, 0.1) is 16.0 Å². The van der Waals surface area contributed by atoms with Gasteiger partial charge in [0.2, 0.25) is 0 Å². The molecule has 0 aliphatic heterocycles. The zero-order valence-corrected chi connectivity index (χ0v) is 11.2. The Hall–Kier alpha value is 0.500. The Kier molecular flexibility index (Phi) is 3.24. The van der Waals surface area contributed by atoms with Crippen molar-refractivity contribution < 1.29 is 4.21 Å². The van der Waals surface area contributed by atoms with Crippen LogP contribution in [0, 0.1) is 11.8 Å². The largest absolute Gasteiger partial charge is 0.266 e. The minimum absolute atomic E-state index is 0.113. The molecule has 5 heteroatoms. The monoisotopic (exact) mass is 284 g/mol. The van der Waals surface area contributed by atoms with Gasteiger partial charge >= 0.3 is 0 Å². The summed E-state index contributed by atoms with van der Waals surface area (Å²) in [7, 11) is -1.47. The Morgan fingerprint density at radius 1 is 1.47 bits per heavy atom. The molecule has 0 heterocycles. The average molecular weight is 286 g/mol. The van der Waals surface area contributed by atoms with Gasteiger partial charge in [-0.25, -0.2) is 0 Å². The number of allylic oxidation sites excluding steroid dienone is 3. The smallest absolute Gasteiger partial charge is 0.254 e. The Bertz CT molecular complexity index is 356. The first-order valence-electron chi connectivity index (χ1n) is 4.77. The van der Waals surface area contributed by atoms with Crippen molar-refractivity contribution in [2.24, 2.45) is 11.8 Å². The molecular formula is C10H11Cl3OS. The van der Waals surface area contributed by atoms with Crippen molar-refractivity contribution in [3.05, 3.63) is 23.8 Å². The number of halogens is 3. The zero-order valence-electron chi connectivity index (χ0n) is 8.12. The van der Waals surface area contributed by atoms with Crippen LogP contribution in [0.5, 0.6) is 0 Å². The van der Waals surface area contributed by atoms with Gasteiger partial charge in [0.25, 0.3) is 3.12 Å². The zero-order chi connectivity index (χ0) is 11.2. The Balaban J connectivity index is 2.31. The first kappa shape index (κ1) is 12.0. The fourth-order valence-corrected chi connectivity index (χ4v) is 4.69. The number of rotatable bonds is 1. The van der Waals surface area contributed by atoms with E-state index in [-0.39, 0.29) is 11.2 Å². The van der Waals surface area contributed by atoms with Crippen LogP contribution in [-0.2, 0) is 10.8 Å². The van der Waals surface area contributed by atoms with E-state index < -0.39 is 13.9 Å². The van der Waals surface area contributed by atoms with E-state index in [4.69, 9.17) is 34.8 Å². The molecule has 0 saturated heterocycles. The maximum absolute atomic E-state index is 12.1. The van der Waals surface area contributed by atoms with E-state index in [1.54, 1.807) is 0 Å². The minimum atomic E-state index is -1.68. The highest BCUT2D eigenvalue weighted by Gasteiger charge is 2.48. The summed E-state index contributed by atoms with van der Waals surface area (Å²) in [4.78, 5) is 0. The summed E-state index contributed by atoms with van der Waals surface area (Å²) < 4.78 is 10.4. The van der Waals surface area contributed by atoms with E-state index in [1.165, 1.54) is 0 Å². The van der Waals surface area contributed by atoms with E-state index >= 15 is 0 Å². The molecule has 2 rings (SSSR count). The number of hydrogen-bond acceptors (Lipinski definition) is 1. The molecule has 4 atom stereocenters. The standard InChI is InChI=1S/C10H11Cl3OS/c1-2-8-6-3-4-7(5-6)9(8)15(14)10(11,12)13/h2-4,6-7,9H,5H2,1H3/b8-2+/t6-,7+,9+,15?/m0/s1. The van der Waals surface area contributed by atoms with E-state index in [9.17, 15) is 4.21 Å². The van der Waals surface area contributed by atoms with Crippen molar-refractivity contribution in [2.45, 2.75) is 21.7 Å². The lowest BCUT2D eigenvalue weighted by Crippen LogP contribution is -2.30. The molecule has 0 radical (unpaired) electrons. The Morgan fingerprint density at radius 3 is 2.67 bits per heavy atom. The molecule has 84 valence electrons. The first-order chi connectivity index (χ1) is 6.95. The molecule has 0 aromatic carbocycles. The van der Waals surface area contributed by atoms with Gasteiger partial charge in [0.1, 0.15) is 0 Å². The van der Waals surface area contributed by atoms with E-state index in [2.05, 4.69) is 12.2 Å². The molecule has 0 aromatic rings. The quantitative estimate of drug-likeness (QED) is 0.531. The minimum Gasteiger partial charge on any atom is -0.254 e. The third kappa shape index (κ3) is 2.02. The summed E-state index contributed by atoms with van der Waals surface area (Å²) >= 11 is 17.1. The van der Waals surface area contributed by atoms with E-state index in [0.29, 0.717) is 5.92 Å². The molecule has 2 aliphatic rings. The Labute approximate surface area is 107 Å². The number of hydrogen-bond donors (Lipinski definition) is 0. The summed E-state index contributed by atoms with van der Waals surface area (Å²) in [5.74, 6) is 0.680. The third-order valence-corrected chi connectivity index (χ3v) is 5.96. The van der Waals surface area contributed by atoms with Crippen LogP contribution >= 0.6 is 34.8 Å². The predicted octanol–water partition coefficient (Wildman–Crippen LogP) is 3.58. The van der Waals surface area contributed by atoms with Crippen LogP contribution in [0.1, 0.15) is 13.3 Å². The fraction of sp³-hybridized carbons (Fsp3) is 0.600. The van der Waals surface area contributed by atoms with Gasteiger partial charge in [-0.15, -0.1) is 0 Å². The van der Waals surface area contributed by atoms with Gasteiger partial charge in [0, 0.05) is 0 Å². The Morgan fingerprint density at radius 2 is 2.13 bits per heavy atom. The second-order valence-corrected chi connectivity index (χ2v) is 8.51. The summed E-state index contributed by atoms with van der Waals surface area (Å²) in [5, 5.41) is -0.113. The van der Waals surface area contributed by atoms with Crippen LogP contribution in [0.15, 0.2) is 23.8 Å². The van der Waals surface area contributed by atoms with Crippen LogP contribution in [0.3, 0.4) is 0 Å². The maximum Gasteiger partial charge on any atom is 0.266 e. The van der Waals surface area contributed by atoms with Crippen LogP contribution in [0.25, 0.3) is 0 Å². The van der Waals surface area contributed by atoms with Crippen LogP contribution in [0.2, 0.25) is 0 Å². The SMILES string of the molecule is C/C=C1\[C@H]2C=C[C@H](C2)[C@H]1S(=O)C(Cl)(Cl)Cl. The van der Waals surface area contributed by atoms with Gasteiger partial charge in [-0.3, -0.25) is 4.21 Å². The molecule has 2 aliphatic carbocycles. The highest BCUT2D eigenvalue weighted by atomic mass is 35.6. The molecule has 1 nitrogen and oxygen atoms in total. The van der Waals surface area contributed by atoms with Crippen molar-refractivity contribution >= 4 is 45.6 Å². The van der Waals surface area contributed by atoms with E-state index in [0.717, 1.165) is 12.0 Å². The molecule has 0 N–H and O–H groups in total. The highest BCUT2D eigenvalue weighted by molar-refractivity contribution is 7.92. The third-order valence-electron chi connectivity index (χ3n) is 3.05. The molecule has 15 heavy (non-hydrogen) atoms. The summed E-state index contributed by atoms with van der Waals surface area (Å²) in [5.41, 5.74) is 1.16. The van der Waals surface area contributed by atoms with Gasteiger partial charge < -0.3 is 0 Å². The lowest BCUT2D eigenvalue weighted by molar-refractivity contribution is 0.652. The summed E-state index contributed by atoms with van der Waals surface area (Å²) in [6.07, 6.45) is 7.27. The van der Waals surface area contributed by atoms with Crippen LogP contribution in [-0.4, -0.2) is 12.6 Å². The highest BCUT2D eigenvalue weighted by Crippen LogP contribution is 2.49. The predicted molar refractivity (Wildman–Crippen MR) is 66.7 cm³/mol. The van der Waals surface area contributed by atoms with Gasteiger partial charge in [0.15, 0.2) is 0 Å². The summed E-state index contributed by atoms with van der Waals surface area (Å²) in [6, 6.07) is 0. The van der Waals surface area contributed by atoms with Crippen molar-refractivity contribution in [1.29, 1.82) is 0 Å². The lowest BCUT2D eigenvalue weighted by atomic mass is 10.0. The van der Waals surface area contributed by atoms with Gasteiger partial charge in [-0.1, -0.05) is 58.6 Å². The van der Waals surface area contributed by atoms with Gasteiger partial charge in [-0.05, 0) is 25.2 Å². The van der Waals surface area contributed by atoms with Crippen LogP contribution in [0.4, 0.5) is 0 Å². The number of fused-ring (bicyclic) bond motifs is 2. The maximum atomic E-state index is 12.1. The molecule has 2 bridgehead atoms. The molecule has 0 amide bonds. The van der Waals surface area contributed by atoms with Crippen molar-refractivity contribution in [1.82, 2.24) is 0 Å². The second-order valence-electron chi connectivity index (χ2n) is 3.84. The molecular weight excluding hydrogens is 275 g/mol. The molecule has 1 saturated carbocycles. The fourth-order valence-electron chi connectivity index (χ4n) is 2.46. The number of alkyl halides is 3. The van der Waals surface area contributed by atoms with Crippen molar-refractivity contribution in [3.8, 4) is 0 Å². The summed E-state index contributed by atoms with van der Waals surface area (Å²) in [6.45, 7) is 1.95. The van der Waals surface area contributed by atoms with Gasteiger partial charge in [-0.2, -0.15) is 0 Å². The van der Waals surface area contributed by atoms with E-state index in [1.807, 2.05) is 13.0 Å². The molecule has 0 aromatic heterocycles. The normalized spacial score (nSPS) is 38.9. The second kappa shape index (κ2) is 4.06. The molecule has 1 unspecified atom stereocenters. The lowest BCUT2D eigenvalue weighted by Gasteiger charge is -2.24.